The van der Waals surface area contributed by atoms with Crippen molar-refractivity contribution in [3.8, 4) is 12.3 Å². The first-order valence-corrected chi connectivity index (χ1v) is 20.1. The number of anilines is 1. The molecular formula is C37H43ClN6O9S. The quantitative estimate of drug-likeness (QED) is 0.101. The van der Waals surface area contributed by atoms with Crippen molar-refractivity contribution in [1.82, 2.24) is 24.6 Å². The van der Waals surface area contributed by atoms with E-state index in [0.29, 0.717) is 106 Å². The zero-order valence-corrected chi connectivity index (χ0v) is 31.6. The van der Waals surface area contributed by atoms with Gasteiger partial charge in [0.1, 0.15) is 28.9 Å². The number of hydrogen-bond acceptors (Lipinski definition) is 12. The van der Waals surface area contributed by atoms with Crippen LogP contribution in [0.1, 0.15) is 46.9 Å². The van der Waals surface area contributed by atoms with E-state index < -0.39 is 15.3 Å². The number of piperidine rings is 1. The predicted octanol–water partition coefficient (Wildman–Crippen LogP) is 3.43. The second-order valence-electron chi connectivity index (χ2n) is 13.2. The number of likely N-dealkylation sites (tertiary alicyclic amines) is 1. The van der Waals surface area contributed by atoms with Crippen molar-refractivity contribution in [2.24, 2.45) is 0 Å². The fourth-order valence-electron chi connectivity index (χ4n) is 6.88. The number of fused-ring (bicyclic) bond motifs is 3. The Hall–Kier alpha value is -4.37. The third-order valence-corrected chi connectivity index (χ3v) is 10.7. The third-order valence-electron chi connectivity index (χ3n) is 9.47. The Morgan fingerprint density at radius 2 is 1.76 bits per heavy atom. The number of carbonyl (C=O) groups excluding carboxylic acids is 2. The van der Waals surface area contributed by atoms with Crippen LogP contribution in [0.5, 0.6) is 0 Å². The monoisotopic (exact) mass is 782 g/mol. The number of sulfone groups is 1. The lowest BCUT2D eigenvalue weighted by Gasteiger charge is -2.38. The Morgan fingerprint density at radius 3 is 2.48 bits per heavy atom. The SMILES string of the molecule is C#CCOCCOCCOCCOCc1cc(C(=O)N2CCC3(CC2)C(=O)N(Cc2nc4cc(Cl)ccc4n2CCCS(C)(=O)=O)c2cnccc23)no1. The molecule has 54 heavy (non-hydrogen) atoms. The van der Waals surface area contributed by atoms with Crippen LogP contribution in [0.2, 0.25) is 5.02 Å². The number of aromatic nitrogens is 4. The molecule has 3 aromatic heterocycles. The first-order chi connectivity index (χ1) is 26.1. The van der Waals surface area contributed by atoms with E-state index in [1.54, 1.807) is 40.4 Å². The van der Waals surface area contributed by atoms with Gasteiger partial charge in [-0.25, -0.2) is 13.4 Å². The Labute approximate surface area is 318 Å². The van der Waals surface area contributed by atoms with E-state index in [9.17, 15) is 18.0 Å². The second kappa shape index (κ2) is 17.8. The van der Waals surface area contributed by atoms with Crippen molar-refractivity contribution >= 4 is 50.0 Å². The van der Waals surface area contributed by atoms with Gasteiger partial charge in [0.25, 0.3) is 5.91 Å². The summed E-state index contributed by atoms with van der Waals surface area (Å²) in [5.74, 6) is 3.06. The van der Waals surface area contributed by atoms with Crippen molar-refractivity contribution in [3.63, 3.8) is 0 Å². The fourth-order valence-corrected chi connectivity index (χ4v) is 7.70. The Morgan fingerprint density at radius 1 is 1.04 bits per heavy atom. The number of terminal acetylenes is 1. The minimum Gasteiger partial charge on any atom is -0.377 e. The zero-order valence-electron chi connectivity index (χ0n) is 30.1. The molecule has 0 radical (unpaired) electrons. The van der Waals surface area contributed by atoms with Gasteiger partial charge >= 0.3 is 0 Å². The molecule has 5 heterocycles. The summed E-state index contributed by atoms with van der Waals surface area (Å²) in [7, 11) is -3.16. The highest BCUT2D eigenvalue weighted by Gasteiger charge is 2.53. The van der Waals surface area contributed by atoms with Crippen molar-refractivity contribution in [1.29, 1.82) is 0 Å². The van der Waals surface area contributed by atoms with E-state index in [2.05, 4.69) is 16.1 Å². The molecule has 0 bridgehead atoms. The van der Waals surface area contributed by atoms with Gasteiger partial charge in [-0.15, -0.1) is 6.42 Å². The lowest BCUT2D eigenvalue weighted by atomic mass is 9.74. The summed E-state index contributed by atoms with van der Waals surface area (Å²) in [5.41, 5.74) is 2.33. The largest absolute Gasteiger partial charge is 0.377 e. The number of nitrogens with zero attached hydrogens (tertiary/aromatic N) is 6. The number of aryl methyl sites for hydroxylation is 1. The van der Waals surface area contributed by atoms with E-state index in [4.69, 9.17) is 46.5 Å². The Kier molecular flexibility index (Phi) is 13.0. The van der Waals surface area contributed by atoms with Gasteiger partial charge in [0.05, 0.1) is 80.3 Å². The molecule has 0 atom stereocenters. The zero-order chi connectivity index (χ0) is 38.1. The summed E-state index contributed by atoms with van der Waals surface area (Å²) in [6.07, 6.45) is 10.9. The van der Waals surface area contributed by atoms with Crippen molar-refractivity contribution < 1.29 is 41.5 Å². The van der Waals surface area contributed by atoms with E-state index in [-0.39, 0.29) is 43.0 Å². The number of benzene rings is 1. The minimum absolute atomic E-state index is 0.0238. The van der Waals surface area contributed by atoms with Crippen LogP contribution in [0, 0.1) is 12.3 Å². The van der Waals surface area contributed by atoms with Gasteiger partial charge < -0.3 is 37.8 Å². The topological polar surface area (TPSA) is 168 Å². The summed E-state index contributed by atoms with van der Waals surface area (Å²) in [6, 6.07) is 8.82. The van der Waals surface area contributed by atoms with Crippen LogP contribution in [-0.2, 0) is 58.7 Å². The third kappa shape index (κ3) is 9.28. The Bertz CT molecular complexity index is 2090. The molecular weight excluding hydrogens is 740 g/mol. The van der Waals surface area contributed by atoms with Crippen LogP contribution in [0.25, 0.3) is 11.0 Å². The maximum Gasteiger partial charge on any atom is 0.276 e. The van der Waals surface area contributed by atoms with Crippen LogP contribution in [-0.4, -0.2) is 116 Å². The van der Waals surface area contributed by atoms with Gasteiger partial charge in [-0.3, -0.25) is 14.6 Å². The molecule has 0 unspecified atom stereocenters. The van der Waals surface area contributed by atoms with Crippen LogP contribution >= 0.6 is 11.6 Å². The van der Waals surface area contributed by atoms with E-state index >= 15 is 0 Å². The fraction of sp³-hybridized carbons (Fsp3) is 0.486. The summed E-state index contributed by atoms with van der Waals surface area (Å²) in [5, 5.41) is 4.51. The molecule has 15 nitrogen and oxygen atoms in total. The van der Waals surface area contributed by atoms with Crippen LogP contribution in [0.4, 0.5) is 5.69 Å². The van der Waals surface area contributed by atoms with Gasteiger partial charge in [-0.05, 0) is 49.1 Å². The van der Waals surface area contributed by atoms with Crippen LogP contribution in [0.15, 0.2) is 47.2 Å². The van der Waals surface area contributed by atoms with E-state index in [1.807, 2.05) is 16.7 Å². The summed E-state index contributed by atoms with van der Waals surface area (Å²) < 4.78 is 52.7. The lowest BCUT2D eigenvalue weighted by molar-refractivity contribution is -0.124. The molecule has 0 N–H and O–H groups in total. The number of imidazole rings is 1. The highest BCUT2D eigenvalue weighted by Crippen LogP contribution is 2.48. The molecule has 288 valence electrons. The number of ether oxygens (including phenoxy) is 4. The molecule has 1 aromatic carbocycles. The van der Waals surface area contributed by atoms with E-state index in [1.165, 1.54) is 6.26 Å². The smallest absolute Gasteiger partial charge is 0.276 e. The standard InChI is InChI=1S/C37H43ClN6O9S/c1-3-14-49-15-16-50-17-18-51-19-20-52-26-28-23-31(41-53-28)35(45)42-12-8-37(9-13-42)29-7-10-39-24-33(29)44(36(37)46)25-34-40-30-22-27(38)5-6-32(30)43(34)11-4-21-54(2,47)48/h1,5-7,10,22-24H,4,8-9,11-21,25-26H2,2H3. The van der Waals surface area contributed by atoms with Crippen molar-refractivity contribution in [2.45, 2.75) is 44.4 Å². The van der Waals surface area contributed by atoms with Crippen molar-refractivity contribution in [2.75, 3.05) is 76.2 Å². The molecule has 2 amide bonds. The van der Waals surface area contributed by atoms with Gasteiger partial charge in [0.15, 0.2) is 11.5 Å². The molecule has 1 fully saturated rings. The molecule has 2 aliphatic heterocycles. The molecule has 2 aliphatic rings. The predicted molar refractivity (Wildman–Crippen MR) is 199 cm³/mol. The summed E-state index contributed by atoms with van der Waals surface area (Å²) >= 11 is 6.28. The normalized spacial score (nSPS) is 15.3. The van der Waals surface area contributed by atoms with Crippen molar-refractivity contribution in [3.05, 3.63) is 70.6 Å². The molecule has 0 aliphatic carbocycles. The molecule has 1 saturated heterocycles. The number of hydrogen-bond donors (Lipinski definition) is 0. The van der Waals surface area contributed by atoms with Crippen LogP contribution < -0.4 is 4.90 Å². The van der Waals surface area contributed by atoms with Gasteiger partial charge in [0, 0.05) is 43.2 Å². The molecule has 6 rings (SSSR count). The van der Waals surface area contributed by atoms with Crippen LogP contribution in [0.3, 0.4) is 0 Å². The highest BCUT2D eigenvalue weighted by atomic mass is 35.5. The molecule has 1 spiro atoms. The molecule has 17 heteroatoms. The van der Waals surface area contributed by atoms with Gasteiger partial charge in [-0.1, -0.05) is 22.7 Å². The summed E-state index contributed by atoms with van der Waals surface area (Å²) in [4.78, 5) is 40.5. The number of amides is 2. The number of carbonyl (C=O) groups is 2. The molecule has 4 aromatic rings. The lowest BCUT2D eigenvalue weighted by Crippen LogP contribution is -2.50. The number of pyridine rings is 1. The average molecular weight is 783 g/mol. The average Bonchev–Trinajstić information content (AvgIpc) is 3.82. The maximum atomic E-state index is 14.5. The number of halogens is 1. The first-order valence-electron chi connectivity index (χ1n) is 17.7. The summed E-state index contributed by atoms with van der Waals surface area (Å²) in [6.45, 7) is 4.01. The maximum absolute atomic E-state index is 14.5. The highest BCUT2D eigenvalue weighted by molar-refractivity contribution is 7.90. The number of rotatable bonds is 19. The molecule has 0 saturated carbocycles. The van der Waals surface area contributed by atoms with Gasteiger partial charge in [0.2, 0.25) is 5.91 Å². The first kappa shape index (κ1) is 39.3. The second-order valence-corrected chi connectivity index (χ2v) is 15.9. The van der Waals surface area contributed by atoms with E-state index in [0.717, 1.165) is 11.1 Å². The Balaban J connectivity index is 1.04. The van der Waals surface area contributed by atoms with Gasteiger partial charge in [-0.2, -0.15) is 0 Å². The minimum atomic E-state index is -3.16.